The minimum atomic E-state index is -0.239. The van der Waals surface area contributed by atoms with Crippen molar-refractivity contribution in [2.45, 2.75) is 26.7 Å². The van der Waals surface area contributed by atoms with Crippen LogP contribution in [0.3, 0.4) is 0 Å². The van der Waals surface area contributed by atoms with E-state index < -0.39 is 0 Å². The highest BCUT2D eigenvalue weighted by Crippen LogP contribution is 2.44. The molecule has 0 atom stereocenters. The zero-order valence-electron chi connectivity index (χ0n) is 12.0. The molecule has 1 aromatic rings. The van der Waals surface area contributed by atoms with Crippen molar-refractivity contribution < 1.29 is 14.6 Å². The molecule has 20 heavy (non-hydrogen) atoms. The quantitative estimate of drug-likeness (QED) is 0.747. The summed E-state index contributed by atoms with van der Waals surface area (Å²) in [5, 5.41) is 14.8. The van der Waals surface area contributed by atoms with Gasteiger partial charge in [-0.25, -0.2) is 4.79 Å². The van der Waals surface area contributed by atoms with Crippen LogP contribution in [0.25, 0.3) is 0 Å². The van der Waals surface area contributed by atoms with Crippen LogP contribution >= 0.6 is 0 Å². The maximum absolute atomic E-state index is 11.8. The number of rotatable bonds is 6. The number of aliphatic hydroxyl groups is 1. The number of amides is 2. The Morgan fingerprint density at radius 1 is 1.45 bits per heavy atom. The summed E-state index contributed by atoms with van der Waals surface area (Å²) in [6.07, 6.45) is 1.96. The minimum Gasteiger partial charge on any atom is -0.494 e. The molecule has 0 spiro atoms. The van der Waals surface area contributed by atoms with Gasteiger partial charge >= 0.3 is 6.03 Å². The third-order valence-corrected chi connectivity index (χ3v) is 3.67. The maximum atomic E-state index is 11.8. The van der Waals surface area contributed by atoms with Gasteiger partial charge in [0.15, 0.2) is 0 Å². The molecule has 0 heterocycles. The number of aryl methyl sites for hydroxylation is 1. The topological polar surface area (TPSA) is 70.6 Å². The molecule has 1 aliphatic rings. The van der Waals surface area contributed by atoms with Crippen molar-refractivity contribution in [3.05, 3.63) is 23.8 Å². The molecule has 0 bridgehead atoms. The van der Waals surface area contributed by atoms with Crippen molar-refractivity contribution >= 4 is 11.7 Å². The van der Waals surface area contributed by atoms with Gasteiger partial charge in [0.25, 0.3) is 0 Å². The Bertz CT molecular complexity index is 484. The van der Waals surface area contributed by atoms with E-state index in [1.165, 1.54) is 0 Å². The molecule has 0 unspecified atom stereocenters. The van der Waals surface area contributed by atoms with Gasteiger partial charge in [0.05, 0.1) is 13.2 Å². The second kappa shape index (κ2) is 6.13. The summed E-state index contributed by atoms with van der Waals surface area (Å²) in [5.41, 5.74) is 1.64. The molecule has 110 valence electrons. The molecule has 2 amide bonds. The third-order valence-electron chi connectivity index (χ3n) is 3.67. The summed E-state index contributed by atoms with van der Waals surface area (Å²) in [7, 11) is 0. The number of urea groups is 1. The highest BCUT2D eigenvalue weighted by molar-refractivity contribution is 5.90. The van der Waals surface area contributed by atoms with E-state index in [0.717, 1.165) is 29.8 Å². The Hall–Kier alpha value is -1.75. The van der Waals surface area contributed by atoms with Crippen molar-refractivity contribution in [3.8, 4) is 5.75 Å². The molecule has 3 N–H and O–H groups in total. The van der Waals surface area contributed by atoms with Crippen molar-refractivity contribution in [3.63, 3.8) is 0 Å². The van der Waals surface area contributed by atoms with Gasteiger partial charge in [0, 0.05) is 17.6 Å². The molecule has 0 aliphatic heterocycles. The van der Waals surface area contributed by atoms with Crippen LogP contribution in [0.1, 0.15) is 25.3 Å². The number of hydrogen-bond donors (Lipinski definition) is 3. The minimum absolute atomic E-state index is 0.0782. The van der Waals surface area contributed by atoms with E-state index in [0.29, 0.717) is 13.2 Å². The van der Waals surface area contributed by atoms with Gasteiger partial charge in [-0.15, -0.1) is 0 Å². The second-order valence-corrected chi connectivity index (χ2v) is 5.38. The van der Waals surface area contributed by atoms with Gasteiger partial charge < -0.3 is 20.5 Å². The lowest BCUT2D eigenvalue weighted by atomic mass is 10.1. The summed E-state index contributed by atoms with van der Waals surface area (Å²) in [6, 6.07) is 5.33. The van der Waals surface area contributed by atoms with Crippen LogP contribution in [0.4, 0.5) is 10.5 Å². The van der Waals surface area contributed by atoms with E-state index in [1.54, 1.807) is 0 Å². The zero-order chi connectivity index (χ0) is 14.6. The molecule has 1 fully saturated rings. The molecule has 1 saturated carbocycles. The Kier molecular flexibility index (Phi) is 4.49. The number of hydrogen-bond acceptors (Lipinski definition) is 3. The van der Waals surface area contributed by atoms with Gasteiger partial charge in [-0.2, -0.15) is 0 Å². The first-order valence-corrected chi connectivity index (χ1v) is 6.98. The molecule has 1 aliphatic carbocycles. The molecule has 0 saturated heterocycles. The number of carbonyl (C=O) groups is 1. The predicted octanol–water partition coefficient (Wildman–Crippen LogP) is 2.29. The largest absolute Gasteiger partial charge is 0.494 e. The molecule has 5 nitrogen and oxygen atoms in total. The van der Waals surface area contributed by atoms with E-state index in [4.69, 9.17) is 4.74 Å². The molecular weight excluding hydrogens is 256 g/mol. The van der Waals surface area contributed by atoms with Gasteiger partial charge in [0.1, 0.15) is 5.75 Å². The zero-order valence-corrected chi connectivity index (χ0v) is 12.0. The van der Waals surface area contributed by atoms with E-state index >= 15 is 0 Å². The van der Waals surface area contributed by atoms with Crippen LogP contribution in [0, 0.1) is 12.3 Å². The number of anilines is 1. The molecular formula is C15H22N2O3. The fourth-order valence-electron chi connectivity index (χ4n) is 2.03. The highest BCUT2D eigenvalue weighted by Gasteiger charge is 2.42. The molecule has 0 aromatic heterocycles. The van der Waals surface area contributed by atoms with Crippen LogP contribution in [0.5, 0.6) is 5.75 Å². The van der Waals surface area contributed by atoms with E-state index in [2.05, 4.69) is 10.6 Å². The normalized spacial score (nSPS) is 15.6. The Labute approximate surface area is 119 Å². The van der Waals surface area contributed by atoms with E-state index in [9.17, 15) is 9.90 Å². The van der Waals surface area contributed by atoms with Gasteiger partial charge in [0.2, 0.25) is 0 Å². The van der Waals surface area contributed by atoms with Crippen molar-refractivity contribution in [1.29, 1.82) is 0 Å². The predicted molar refractivity (Wildman–Crippen MR) is 78.1 cm³/mol. The third kappa shape index (κ3) is 3.63. The smallest absolute Gasteiger partial charge is 0.319 e. The Morgan fingerprint density at radius 2 is 2.20 bits per heavy atom. The Balaban J connectivity index is 1.87. The summed E-state index contributed by atoms with van der Waals surface area (Å²) >= 11 is 0. The first-order valence-electron chi connectivity index (χ1n) is 6.98. The van der Waals surface area contributed by atoms with Gasteiger partial charge in [-0.1, -0.05) is 0 Å². The summed E-state index contributed by atoms with van der Waals surface area (Å²) in [4.78, 5) is 11.8. The average molecular weight is 278 g/mol. The number of ether oxygens (including phenoxy) is 1. The van der Waals surface area contributed by atoms with Crippen LogP contribution in [-0.4, -0.2) is 30.9 Å². The van der Waals surface area contributed by atoms with Crippen LogP contribution in [0.15, 0.2) is 18.2 Å². The van der Waals surface area contributed by atoms with E-state index in [-0.39, 0.29) is 18.1 Å². The highest BCUT2D eigenvalue weighted by atomic mass is 16.5. The van der Waals surface area contributed by atoms with Crippen molar-refractivity contribution in [2.75, 3.05) is 25.1 Å². The lowest BCUT2D eigenvalue weighted by Gasteiger charge is -2.15. The van der Waals surface area contributed by atoms with Crippen LogP contribution in [0.2, 0.25) is 0 Å². The Morgan fingerprint density at radius 3 is 2.75 bits per heavy atom. The summed E-state index contributed by atoms with van der Waals surface area (Å²) in [6.45, 7) is 5.13. The first-order chi connectivity index (χ1) is 9.58. The lowest BCUT2D eigenvalue weighted by Crippen LogP contribution is -2.35. The molecule has 2 rings (SSSR count). The van der Waals surface area contributed by atoms with Crippen molar-refractivity contribution in [1.82, 2.24) is 5.32 Å². The van der Waals surface area contributed by atoms with Crippen LogP contribution < -0.4 is 15.4 Å². The first kappa shape index (κ1) is 14.7. The number of carbonyl (C=O) groups excluding carboxylic acids is 1. The second-order valence-electron chi connectivity index (χ2n) is 5.38. The standard InChI is InChI=1S/C15H22N2O3/c1-3-20-12-4-5-13(11(2)8-12)17-14(19)16-9-15(10-18)6-7-15/h4-5,8,18H,3,6-7,9-10H2,1-2H3,(H2,16,17,19). The molecule has 5 heteroatoms. The fourth-order valence-corrected chi connectivity index (χ4v) is 2.03. The molecule has 0 radical (unpaired) electrons. The number of nitrogens with one attached hydrogen (secondary N) is 2. The van der Waals surface area contributed by atoms with Crippen LogP contribution in [-0.2, 0) is 0 Å². The number of benzene rings is 1. The average Bonchev–Trinajstić information content (AvgIpc) is 3.21. The maximum Gasteiger partial charge on any atom is 0.319 e. The van der Waals surface area contributed by atoms with E-state index in [1.807, 2.05) is 32.0 Å². The lowest BCUT2D eigenvalue weighted by molar-refractivity contribution is 0.206. The van der Waals surface area contributed by atoms with Gasteiger partial charge in [-0.05, 0) is 50.5 Å². The monoisotopic (exact) mass is 278 g/mol. The van der Waals surface area contributed by atoms with Crippen molar-refractivity contribution in [2.24, 2.45) is 5.41 Å². The fraction of sp³-hybridized carbons (Fsp3) is 0.533. The summed E-state index contributed by atoms with van der Waals surface area (Å²) in [5.74, 6) is 0.799. The molecule has 1 aromatic carbocycles. The number of aliphatic hydroxyl groups excluding tert-OH is 1. The van der Waals surface area contributed by atoms with Gasteiger partial charge in [-0.3, -0.25) is 0 Å². The summed E-state index contributed by atoms with van der Waals surface area (Å²) < 4.78 is 5.41. The SMILES string of the molecule is CCOc1ccc(NC(=O)NCC2(CO)CC2)c(C)c1.